The van der Waals surface area contributed by atoms with Crippen molar-refractivity contribution >= 4 is 11.7 Å². The maximum absolute atomic E-state index is 10.6. The molecule has 0 spiro atoms. The summed E-state index contributed by atoms with van der Waals surface area (Å²) in [6.45, 7) is 5.32. The van der Waals surface area contributed by atoms with Crippen molar-refractivity contribution in [1.29, 1.82) is 0 Å². The van der Waals surface area contributed by atoms with E-state index in [0.717, 1.165) is 11.1 Å². The predicted molar refractivity (Wildman–Crippen MR) is 60.2 cm³/mol. The van der Waals surface area contributed by atoms with Gasteiger partial charge in [-0.05, 0) is 17.5 Å². The Balaban J connectivity index is 2.72. The van der Waals surface area contributed by atoms with Gasteiger partial charge in [-0.3, -0.25) is 4.79 Å². The molecule has 0 bridgehead atoms. The van der Waals surface area contributed by atoms with Crippen LogP contribution >= 0.6 is 0 Å². The van der Waals surface area contributed by atoms with E-state index in [1.807, 2.05) is 24.3 Å². The lowest BCUT2D eigenvalue weighted by Gasteiger charge is -2.07. The second-order valence-electron chi connectivity index (χ2n) is 3.67. The van der Waals surface area contributed by atoms with Gasteiger partial charge in [0.15, 0.2) is 0 Å². The van der Waals surface area contributed by atoms with Crippen LogP contribution in [0.3, 0.4) is 0 Å². The summed E-state index contributed by atoms with van der Waals surface area (Å²) in [6.07, 6.45) is 0.534. The fourth-order valence-electron chi connectivity index (χ4n) is 1.30. The molecule has 1 rings (SSSR count). The van der Waals surface area contributed by atoms with Crippen LogP contribution in [0.25, 0.3) is 5.70 Å². The van der Waals surface area contributed by atoms with Crippen LogP contribution in [0.15, 0.2) is 30.8 Å². The quantitative estimate of drug-likeness (QED) is 0.788. The fraction of sp³-hybridized carbons (Fsp3) is 0.250. The highest BCUT2D eigenvalue weighted by Crippen LogP contribution is 2.12. The number of carboxylic acids is 1. The van der Waals surface area contributed by atoms with Gasteiger partial charge >= 0.3 is 5.97 Å². The van der Waals surface area contributed by atoms with Gasteiger partial charge in [0.1, 0.15) is 0 Å². The van der Waals surface area contributed by atoms with Gasteiger partial charge in [-0.25, -0.2) is 0 Å². The number of nitrogens with two attached hydrogens (primary N) is 1. The predicted octanol–water partition coefficient (Wildman–Crippen LogP) is 1.88. The lowest BCUT2D eigenvalue weighted by atomic mass is 10.00. The molecule has 80 valence electrons. The molecule has 3 N–H and O–H groups in total. The van der Waals surface area contributed by atoms with E-state index in [0.29, 0.717) is 12.1 Å². The molecule has 0 amide bonds. The number of hydrogen-bond acceptors (Lipinski definition) is 2. The van der Waals surface area contributed by atoms with E-state index in [-0.39, 0.29) is 5.92 Å². The van der Waals surface area contributed by atoms with Crippen molar-refractivity contribution in [2.75, 3.05) is 0 Å². The molecule has 1 atom stereocenters. The summed E-state index contributed by atoms with van der Waals surface area (Å²) in [5.41, 5.74) is 7.92. The molecule has 0 saturated carbocycles. The third kappa shape index (κ3) is 3.13. The zero-order chi connectivity index (χ0) is 11.4. The third-order valence-electron chi connectivity index (χ3n) is 2.29. The van der Waals surface area contributed by atoms with Gasteiger partial charge in [0.05, 0.1) is 5.92 Å². The molecular weight excluding hydrogens is 190 g/mol. The number of benzene rings is 1. The van der Waals surface area contributed by atoms with Crippen molar-refractivity contribution in [3.05, 3.63) is 42.0 Å². The first-order chi connectivity index (χ1) is 7.00. The maximum atomic E-state index is 10.6. The second-order valence-corrected chi connectivity index (χ2v) is 3.67. The van der Waals surface area contributed by atoms with Gasteiger partial charge in [-0.15, -0.1) is 0 Å². The van der Waals surface area contributed by atoms with Crippen LogP contribution in [-0.2, 0) is 11.2 Å². The third-order valence-corrected chi connectivity index (χ3v) is 2.29. The van der Waals surface area contributed by atoms with Gasteiger partial charge in [0, 0.05) is 5.70 Å². The topological polar surface area (TPSA) is 63.3 Å². The molecule has 0 aliphatic carbocycles. The Bertz CT molecular complexity index is 368. The Morgan fingerprint density at radius 3 is 2.40 bits per heavy atom. The van der Waals surface area contributed by atoms with Crippen LogP contribution < -0.4 is 5.73 Å². The number of rotatable bonds is 4. The summed E-state index contributed by atoms with van der Waals surface area (Å²) in [7, 11) is 0. The fourth-order valence-corrected chi connectivity index (χ4v) is 1.30. The Kier molecular flexibility index (Phi) is 3.50. The highest BCUT2D eigenvalue weighted by molar-refractivity contribution is 5.70. The summed E-state index contributed by atoms with van der Waals surface area (Å²) in [4.78, 5) is 10.6. The lowest BCUT2D eigenvalue weighted by Crippen LogP contribution is -2.12. The Hall–Kier alpha value is -1.77. The molecule has 0 fully saturated rings. The molecule has 0 aliphatic heterocycles. The highest BCUT2D eigenvalue weighted by atomic mass is 16.4. The smallest absolute Gasteiger partial charge is 0.306 e. The van der Waals surface area contributed by atoms with E-state index in [9.17, 15) is 4.79 Å². The van der Waals surface area contributed by atoms with Gasteiger partial charge in [0.25, 0.3) is 0 Å². The molecule has 3 nitrogen and oxygen atoms in total. The molecule has 0 aromatic heterocycles. The number of aliphatic carboxylic acids is 1. The van der Waals surface area contributed by atoms with Gasteiger partial charge in [-0.2, -0.15) is 0 Å². The summed E-state index contributed by atoms with van der Waals surface area (Å²) in [5, 5.41) is 8.75. The van der Waals surface area contributed by atoms with Gasteiger partial charge in [0.2, 0.25) is 0 Å². The maximum Gasteiger partial charge on any atom is 0.306 e. The van der Waals surface area contributed by atoms with E-state index >= 15 is 0 Å². The molecule has 0 unspecified atom stereocenters. The number of hydrogen-bond donors (Lipinski definition) is 2. The Morgan fingerprint density at radius 1 is 1.47 bits per heavy atom. The van der Waals surface area contributed by atoms with Crippen LogP contribution in [0.2, 0.25) is 0 Å². The van der Waals surface area contributed by atoms with Crippen molar-refractivity contribution in [1.82, 2.24) is 0 Å². The molecule has 1 aromatic carbocycles. The Labute approximate surface area is 89.2 Å². The van der Waals surface area contributed by atoms with Crippen LogP contribution in [0.4, 0.5) is 0 Å². The van der Waals surface area contributed by atoms with E-state index in [2.05, 4.69) is 6.58 Å². The average Bonchev–Trinajstić information content (AvgIpc) is 2.18. The monoisotopic (exact) mass is 205 g/mol. The Morgan fingerprint density at radius 2 is 2.00 bits per heavy atom. The van der Waals surface area contributed by atoms with E-state index in [1.165, 1.54) is 0 Å². The summed E-state index contributed by atoms with van der Waals surface area (Å²) >= 11 is 0. The van der Waals surface area contributed by atoms with Crippen molar-refractivity contribution < 1.29 is 9.90 Å². The van der Waals surface area contributed by atoms with Crippen molar-refractivity contribution in [3.8, 4) is 0 Å². The lowest BCUT2D eigenvalue weighted by molar-refractivity contribution is -0.141. The van der Waals surface area contributed by atoms with Crippen molar-refractivity contribution in [3.63, 3.8) is 0 Å². The number of carboxylic acid groups (broad SMARTS) is 1. The standard InChI is InChI=1S/C12H15NO2/c1-8(12(14)15)7-10-3-5-11(6-4-10)9(2)13/h3-6,8H,2,7,13H2,1H3,(H,14,15)/t8-/m0/s1. The summed E-state index contributed by atoms with van der Waals surface area (Å²) < 4.78 is 0. The van der Waals surface area contributed by atoms with Crippen LogP contribution in [0.1, 0.15) is 18.1 Å². The molecular formula is C12H15NO2. The normalized spacial score (nSPS) is 12.1. The van der Waals surface area contributed by atoms with Crippen molar-refractivity contribution in [2.45, 2.75) is 13.3 Å². The minimum Gasteiger partial charge on any atom is -0.481 e. The summed E-state index contributed by atoms with van der Waals surface area (Å²) in [6, 6.07) is 7.47. The van der Waals surface area contributed by atoms with Gasteiger partial charge < -0.3 is 10.8 Å². The first kappa shape index (κ1) is 11.3. The van der Waals surface area contributed by atoms with Crippen LogP contribution in [-0.4, -0.2) is 11.1 Å². The molecule has 0 heterocycles. The molecule has 15 heavy (non-hydrogen) atoms. The SMILES string of the molecule is C=C(N)c1ccc(C[C@H](C)C(=O)O)cc1. The second kappa shape index (κ2) is 4.64. The van der Waals surface area contributed by atoms with Crippen LogP contribution in [0.5, 0.6) is 0 Å². The molecule has 3 heteroatoms. The average molecular weight is 205 g/mol. The zero-order valence-electron chi connectivity index (χ0n) is 8.73. The van der Waals surface area contributed by atoms with Crippen LogP contribution in [0, 0.1) is 5.92 Å². The highest BCUT2D eigenvalue weighted by Gasteiger charge is 2.11. The molecule has 1 aromatic rings. The van der Waals surface area contributed by atoms with E-state index in [1.54, 1.807) is 6.92 Å². The molecule has 0 radical (unpaired) electrons. The minimum absolute atomic E-state index is 0.364. The first-order valence-corrected chi connectivity index (χ1v) is 4.77. The molecule has 0 aliphatic rings. The zero-order valence-corrected chi connectivity index (χ0v) is 8.73. The van der Waals surface area contributed by atoms with E-state index in [4.69, 9.17) is 10.8 Å². The molecule has 0 saturated heterocycles. The summed E-state index contributed by atoms with van der Waals surface area (Å²) in [5.74, 6) is -1.14. The minimum atomic E-state index is -0.776. The van der Waals surface area contributed by atoms with E-state index < -0.39 is 5.97 Å². The van der Waals surface area contributed by atoms with Crippen molar-refractivity contribution in [2.24, 2.45) is 11.7 Å². The largest absolute Gasteiger partial charge is 0.481 e. The first-order valence-electron chi connectivity index (χ1n) is 4.77. The van der Waals surface area contributed by atoms with Gasteiger partial charge in [-0.1, -0.05) is 37.8 Å². The number of carbonyl (C=O) groups is 1.